The molecular formula is C10H13N3OS. The van der Waals surface area contributed by atoms with E-state index in [4.69, 9.17) is 11.0 Å². The van der Waals surface area contributed by atoms with E-state index in [0.29, 0.717) is 10.6 Å². The van der Waals surface area contributed by atoms with E-state index in [2.05, 4.69) is 11.4 Å². The average molecular weight is 223 g/mol. The number of carbonyl (C=O) groups excluding carboxylic acids is 1. The highest BCUT2D eigenvalue weighted by Gasteiger charge is 2.15. The molecule has 0 aliphatic carbocycles. The normalized spacial score (nSPS) is 11.9. The Labute approximate surface area is 92.7 Å². The van der Waals surface area contributed by atoms with Gasteiger partial charge >= 0.3 is 0 Å². The zero-order valence-electron chi connectivity index (χ0n) is 8.92. The van der Waals surface area contributed by atoms with Crippen molar-refractivity contribution in [3.05, 3.63) is 16.0 Å². The highest BCUT2D eigenvalue weighted by atomic mass is 32.1. The number of amides is 1. The predicted octanol–water partition coefficient (Wildman–Crippen LogP) is 1.52. The topological polar surface area (TPSA) is 78.9 Å². The number of hydrogen-bond donors (Lipinski definition) is 2. The second-order valence-corrected chi connectivity index (χ2v) is 4.60. The van der Waals surface area contributed by atoms with Gasteiger partial charge in [-0.05, 0) is 26.3 Å². The van der Waals surface area contributed by atoms with Gasteiger partial charge in [0.05, 0.1) is 11.6 Å². The average Bonchev–Trinajstić information content (AvgIpc) is 2.42. The summed E-state index contributed by atoms with van der Waals surface area (Å²) in [5.41, 5.74) is 6.88. The van der Waals surface area contributed by atoms with Crippen molar-refractivity contribution in [2.24, 2.45) is 5.73 Å². The zero-order valence-corrected chi connectivity index (χ0v) is 9.73. The van der Waals surface area contributed by atoms with Crippen LogP contribution >= 0.6 is 11.3 Å². The highest BCUT2D eigenvalue weighted by Crippen LogP contribution is 2.31. The van der Waals surface area contributed by atoms with Crippen molar-refractivity contribution in [2.75, 3.05) is 5.32 Å². The summed E-state index contributed by atoms with van der Waals surface area (Å²) in [6, 6.07) is 1.51. The van der Waals surface area contributed by atoms with Crippen LogP contribution in [-0.4, -0.2) is 11.9 Å². The summed E-state index contributed by atoms with van der Waals surface area (Å²) in [5.74, 6) is -0.271. The van der Waals surface area contributed by atoms with E-state index in [1.807, 2.05) is 13.8 Å². The van der Waals surface area contributed by atoms with Gasteiger partial charge in [-0.2, -0.15) is 5.26 Å². The maximum atomic E-state index is 11.4. The van der Waals surface area contributed by atoms with E-state index >= 15 is 0 Å². The SMILES string of the molecule is Cc1sc(NC(=O)C(C)N)c(C#N)c1C. The molecule has 0 saturated carbocycles. The van der Waals surface area contributed by atoms with Gasteiger partial charge in [0.1, 0.15) is 11.1 Å². The fourth-order valence-corrected chi connectivity index (χ4v) is 2.09. The first-order valence-corrected chi connectivity index (χ1v) is 5.35. The Bertz CT molecular complexity index is 429. The van der Waals surface area contributed by atoms with Crippen LogP contribution in [0.25, 0.3) is 0 Å². The minimum absolute atomic E-state index is 0.271. The van der Waals surface area contributed by atoms with Crippen LogP contribution in [0.1, 0.15) is 22.9 Å². The fraction of sp³-hybridized carbons (Fsp3) is 0.400. The molecule has 1 aromatic heterocycles. The lowest BCUT2D eigenvalue weighted by Gasteiger charge is -2.05. The van der Waals surface area contributed by atoms with Gasteiger partial charge in [-0.15, -0.1) is 11.3 Å². The zero-order chi connectivity index (χ0) is 11.6. The number of thiophene rings is 1. The highest BCUT2D eigenvalue weighted by molar-refractivity contribution is 7.16. The summed E-state index contributed by atoms with van der Waals surface area (Å²) < 4.78 is 0. The molecule has 1 aromatic rings. The van der Waals surface area contributed by atoms with Gasteiger partial charge in [0.25, 0.3) is 0 Å². The lowest BCUT2D eigenvalue weighted by atomic mass is 10.2. The molecule has 15 heavy (non-hydrogen) atoms. The molecule has 1 heterocycles. The van der Waals surface area contributed by atoms with Crippen molar-refractivity contribution in [1.82, 2.24) is 0 Å². The predicted molar refractivity (Wildman–Crippen MR) is 60.8 cm³/mol. The van der Waals surface area contributed by atoms with Gasteiger partial charge < -0.3 is 11.1 Å². The first kappa shape index (κ1) is 11.7. The molecule has 0 spiro atoms. The third kappa shape index (κ3) is 2.35. The molecule has 80 valence electrons. The molecular weight excluding hydrogens is 210 g/mol. The number of nitriles is 1. The lowest BCUT2D eigenvalue weighted by molar-refractivity contribution is -0.117. The molecule has 5 heteroatoms. The monoisotopic (exact) mass is 223 g/mol. The van der Waals surface area contributed by atoms with Gasteiger partial charge in [-0.3, -0.25) is 4.79 Å². The van der Waals surface area contributed by atoms with Crippen LogP contribution in [0.5, 0.6) is 0 Å². The standard InChI is InChI=1S/C10H13N3OS/c1-5-7(3)15-10(8(5)4-11)13-9(14)6(2)12/h6H,12H2,1-3H3,(H,13,14). The number of carbonyl (C=O) groups is 1. The Morgan fingerprint density at radius 1 is 1.60 bits per heavy atom. The van der Waals surface area contributed by atoms with Gasteiger partial charge in [0.2, 0.25) is 5.91 Å². The Hall–Kier alpha value is -1.38. The molecule has 1 amide bonds. The molecule has 0 fully saturated rings. The summed E-state index contributed by atoms with van der Waals surface area (Å²) in [4.78, 5) is 12.4. The summed E-state index contributed by atoms with van der Waals surface area (Å²) in [6.07, 6.45) is 0. The maximum absolute atomic E-state index is 11.4. The number of rotatable bonds is 2. The van der Waals surface area contributed by atoms with E-state index in [9.17, 15) is 4.79 Å². The molecule has 0 aliphatic rings. The van der Waals surface area contributed by atoms with Crippen LogP contribution in [-0.2, 0) is 4.79 Å². The smallest absolute Gasteiger partial charge is 0.241 e. The summed E-state index contributed by atoms with van der Waals surface area (Å²) in [6.45, 7) is 5.39. The third-order valence-electron chi connectivity index (χ3n) is 2.15. The number of nitrogens with two attached hydrogens (primary N) is 1. The van der Waals surface area contributed by atoms with Crippen LogP contribution < -0.4 is 11.1 Å². The van der Waals surface area contributed by atoms with E-state index in [0.717, 1.165) is 10.4 Å². The van der Waals surface area contributed by atoms with Crippen LogP contribution in [0.4, 0.5) is 5.00 Å². The summed E-state index contributed by atoms with van der Waals surface area (Å²) in [5, 5.41) is 12.2. The molecule has 1 unspecified atom stereocenters. The number of anilines is 1. The Morgan fingerprint density at radius 3 is 2.67 bits per heavy atom. The molecule has 0 saturated heterocycles. The van der Waals surface area contributed by atoms with Gasteiger partial charge in [-0.1, -0.05) is 0 Å². The first-order valence-electron chi connectivity index (χ1n) is 4.54. The van der Waals surface area contributed by atoms with Crippen LogP contribution in [0.3, 0.4) is 0 Å². The third-order valence-corrected chi connectivity index (χ3v) is 3.27. The summed E-state index contributed by atoms with van der Waals surface area (Å²) in [7, 11) is 0. The van der Waals surface area contributed by atoms with Crippen molar-refractivity contribution in [2.45, 2.75) is 26.8 Å². The molecule has 1 atom stereocenters. The van der Waals surface area contributed by atoms with E-state index in [1.54, 1.807) is 6.92 Å². The first-order chi connectivity index (χ1) is 6.97. The number of hydrogen-bond acceptors (Lipinski definition) is 4. The van der Waals surface area contributed by atoms with Crippen molar-refractivity contribution >= 4 is 22.2 Å². The number of nitrogens with one attached hydrogen (secondary N) is 1. The van der Waals surface area contributed by atoms with Crippen molar-refractivity contribution in [1.29, 1.82) is 5.26 Å². The molecule has 0 bridgehead atoms. The van der Waals surface area contributed by atoms with E-state index in [1.165, 1.54) is 11.3 Å². The fourth-order valence-electron chi connectivity index (χ4n) is 1.08. The number of aryl methyl sites for hydroxylation is 1. The Morgan fingerprint density at radius 2 is 2.20 bits per heavy atom. The van der Waals surface area contributed by atoms with Crippen LogP contribution in [0.2, 0.25) is 0 Å². The van der Waals surface area contributed by atoms with Crippen molar-refractivity contribution in [3.63, 3.8) is 0 Å². The Balaban J connectivity index is 3.02. The van der Waals surface area contributed by atoms with Gasteiger partial charge in [-0.25, -0.2) is 0 Å². The second-order valence-electron chi connectivity index (χ2n) is 3.38. The van der Waals surface area contributed by atoms with E-state index in [-0.39, 0.29) is 5.91 Å². The second kappa shape index (κ2) is 4.43. The van der Waals surface area contributed by atoms with Crippen molar-refractivity contribution < 1.29 is 4.79 Å². The molecule has 3 N–H and O–H groups in total. The number of nitrogens with zero attached hydrogens (tertiary/aromatic N) is 1. The van der Waals surface area contributed by atoms with Crippen LogP contribution in [0.15, 0.2) is 0 Å². The molecule has 4 nitrogen and oxygen atoms in total. The Kier molecular flexibility index (Phi) is 3.45. The molecule has 0 aromatic carbocycles. The van der Waals surface area contributed by atoms with Crippen molar-refractivity contribution in [3.8, 4) is 6.07 Å². The minimum Gasteiger partial charge on any atom is -0.320 e. The van der Waals surface area contributed by atoms with Gasteiger partial charge in [0.15, 0.2) is 0 Å². The summed E-state index contributed by atoms with van der Waals surface area (Å²) >= 11 is 1.40. The lowest BCUT2D eigenvalue weighted by Crippen LogP contribution is -2.32. The van der Waals surface area contributed by atoms with Gasteiger partial charge in [0, 0.05) is 4.88 Å². The maximum Gasteiger partial charge on any atom is 0.241 e. The van der Waals surface area contributed by atoms with E-state index < -0.39 is 6.04 Å². The largest absolute Gasteiger partial charge is 0.320 e. The molecule has 0 radical (unpaired) electrons. The molecule has 0 aliphatic heterocycles. The minimum atomic E-state index is -0.570. The van der Waals surface area contributed by atoms with Crippen LogP contribution in [0, 0.1) is 25.2 Å². The quantitative estimate of drug-likeness (QED) is 0.797. The molecule has 1 rings (SSSR count).